The Kier molecular flexibility index (Phi) is 3.04. The van der Waals surface area contributed by atoms with Gasteiger partial charge in [0, 0.05) is 35.9 Å². The number of carbonyl (C=O) groups is 1. The number of nitrogens with one attached hydrogen (secondary N) is 1. The van der Waals surface area contributed by atoms with Gasteiger partial charge < -0.3 is 11.1 Å². The first-order valence-electron chi connectivity index (χ1n) is 4.95. The van der Waals surface area contributed by atoms with Crippen molar-refractivity contribution in [3.05, 3.63) is 21.9 Å². The van der Waals surface area contributed by atoms with Crippen molar-refractivity contribution in [1.82, 2.24) is 10.2 Å². The van der Waals surface area contributed by atoms with Crippen LogP contribution in [-0.4, -0.2) is 37.0 Å². The molecule has 1 aliphatic heterocycles. The van der Waals surface area contributed by atoms with Crippen molar-refractivity contribution >= 4 is 17.2 Å². The molecule has 1 saturated heterocycles. The van der Waals surface area contributed by atoms with E-state index in [1.165, 1.54) is 4.88 Å². The molecule has 0 radical (unpaired) electrons. The first-order chi connectivity index (χ1) is 7.16. The number of amides is 1. The Morgan fingerprint density at radius 3 is 2.93 bits per heavy atom. The van der Waals surface area contributed by atoms with Gasteiger partial charge in [-0.15, -0.1) is 11.3 Å². The minimum absolute atomic E-state index is 0.342. The summed E-state index contributed by atoms with van der Waals surface area (Å²) in [6, 6.07) is 2.51. The number of hydrogen-bond donors (Lipinski definition) is 2. The smallest absolute Gasteiger partial charge is 0.249 e. The number of primary amides is 1. The second-order valence-electron chi connectivity index (χ2n) is 3.89. The van der Waals surface area contributed by atoms with Crippen LogP contribution in [0.15, 0.2) is 11.4 Å². The Morgan fingerprint density at radius 1 is 1.73 bits per heavy atom. The zero-order valence-corrected chi connectivity index (χ0v) is 9.51. The molecule has 0 unspecified atom stereocenters. The highest BCUT2D eigenvalue weighted by Gasteiger charge is 2.21. The molecule has 2 heterocycles. The van der Waals surface area contributed by atoms with Crippen LogP contribution in [0.1, 0.15) is 15.2 Å². The average Bonchev–Trinajstić information content (AvgIpc) is 2.48. The molecule has 4 nitrogen and oxygen atoms in total. The van der Waals surface area contributed by atoms with Crippen LogP contribution in [0.3, 0.4) is 0 Å². The Hall–Kier alpha value is -0.910. The van der Waals surface area contributed by atoms with Crippen LogP contribution >= 0.6 is 11.3 Å². The van der Waals surface area contributed by atoms with Crippen molar-refractivity contribution in [2.75, 3.05) is 20.1 Å². The van der Waals surface area contributed by atoms with E-state index in [2.05, 4.69) is 17.3 Å². The minimum Gasteiger partial charge on any atom is -0.366 e. The van der Waals surface area contributed by atoms with Gasteiger partial charge in [-0.25, -0.2) is 0 Å². The Balaban J connectivity index is 1.94. The number of likely N-dealkylation sites (N-methyl/N-ethyl adjacent to an activating group) is 1. The van der Waals surface area contributed by atoms with Gasteiger partial charge >= 0.3 is 0 Å². The van der Waals surface area contributed by atoms with Crippen LogP contribution in [-0.2, 0) is 6.54 Å². The van der Waals surface area contributed by atoms with Crippen LogP contribution in [0.25, 0.3) is 0 Å². The lowest BCUT2D eigenvalue weighted by molar-refractivity contribution is 0.100. The van der Waals surface area contributed by atoms with Gasteiger partial charge in [0.05, 0.1) is 5.56 Å². The maximum atomic E-state index is 10.9. The number of nitrogens with zero attached hydrogens (tertiary/aromatic N) is 1. The van der Waals surface area contributed by atoms with Gasteiger partial charge in [-0.1, -0.05) is 0 Å². The number of rotatable bonds is 4. The summed E-state index contributed by atoms with van der Waals surface area (Å²) >= 11 is 1.60. The summed E-state index contributed by atoms with van der Waals surface area (Å²) < 4.78 is 0. The van der Waals surface area contributed by atoms with Crippen molar-refractivity contribution in [3.8, 4) is 0 Å². The molecule has 0 saturated carbocycles. The van der Waals surface area contributed by atoms with Gasteiger partial charge in [0.2, 0.25) is 5.91 Å². The van der Waals surface area contributed by atoms with E-state index in [0.717, 1.165) is 19.6 Å². The lowest BCUT2D eigenvalue weighted by Gasteiger charge is -2.35. The fourth-order valence-corrected chi connectivity index (χ4v) is 2.49. The molecule has 1 aromatic rings. The van der Waals surface area contributed by atoms with Gasteiger partial charge in [0.15, 0.2) is 0 Å². The summed E-state index contributed by atoms with van der Waals surface area (Å²) in [7, 11) is 2.11. The molecule has 1 aromatic heterocycles. The standard InChI is InChI=1S/C10H15N3OS/c1-13(8-3-12-4-8)5-9-2-7(6-15-9)10(11)14/h2,6,8,12H,3-5H2,1H3,(H2,11,14). The summed E-state index contributed by atoms with van der Waals surface area (Å²) in [4.78, 5) is 14.4. The van der Waals surface area contributed by atoms with Gasteiger partial charge in [0.25, 0.3) is 0 Å². The Bertz CT molecular complexity index is 359. The van der Waals surface area contributed by atoms with E-state index >= 15 is 0 Å². The van der Waals surface area contributed by atoms with E-state index in [4.69, 9.17) is 5.73 Å². The number of nitrogens with two attached hydrogens (primary N) is 1. The molecular formula is C10H15N3OS. The average molecular weight is 225 g/mol. The van der Waals surface area contributed by atoms with Gasteiger partial charge in [-0.2, -0.15) is 0 Å². The van der Waals surface area contributed by atoms with Crippen LogP contribution in [0, 0.1) is 0 Å². The van der Waals surface area contributed by atoms with Crippen molar-refractivity contribution < 1.29 is 4.79 Å². The van der Waals surface area contributed by atoms with E-state index in [9.17, 15) is 4.79 Å². The van der Waals surface area contributed by atoms with E-state index < -0.39 is 0 Å². The monoisotopic (exact) mass is 225 g/mol. The van der Waals surface area contributed by atoms with E-state index in [0.29, 0.717) is 11.6 Å². The van der Waals surface area contributed by atoms with Crippen LogP contribution in [0.4, 0.5) is 0 Å². The van der Waals surface area contributed by atoms with E-state index in [1.54, 1.807) is 11.3 Å². The highest BCUT2D eigenvalue weighted by atomic mass is 32.1. The van der Waals surface area contributed by atoms with Crippen LogP contribution < -0.4 is 11.1 Å². The SMILES string of the molecule is CN(Cc1cc(C(N)=O)cs1)C1CNC1. The van der Waals surface area contributed by atoms with Gasteiger partial charge in [0.1, 0.15) is 0 Å². The summed E-state index contributed by atoms with van der Waals surface area (Å²) in [5.41, 5.74) is 5.82. The molecule has 1 aliphatic rings. The maximum Gasteiger partial charge on any atom is 0.249 e. The molecular weight excluding hydrogens is 210 g/mol. The fraction of sp³-hybridized carbons (Fsp3) is 0.500. The lowest BCUT2D eigenvalue weighted by atomic mass is 10.1. The molecule has 82 valence electrons. The predicted molar refractivity (Wildman–Crippen MR) is 61.0 cm³/mol. The van der Waals surface area contributed by atoms with Crippen molar-refractivity contribution in [2.45, 2.75) is 12.6 Å². The Labute approximate surface area is 93.1 Å². The highest BCUT2D eigenvalue weighted by molar-refractivity contribution is 7.10. The first-order valence-corrected chi connectivity index (χ1v) is 5.83. The summed E-state index contributed by atoms with van der Waals surface area (Å²) in [5, 5.41) is 5.06. The molecule has 5 heteroatoms. The summed E-state index contributed by atoms with van der Waals surface area (Å²) in [5.74, 6) is -0.342. The van der Waals surface area contributed by atoms with Crippen LogP contribution in [0.5, 0.6) is 0 Å². The third-order valence-corrected chi connectivity index (χ3v) is 3.65. The molecule has 0 aliphatic carbocycles. The van der Waals surface area contributed by atoms with Crippen molar-refractivity contribution in [1.29, 1.82) is 0 Å². The summed E-state index contributed by atoms with van der Waals surface area (Å²) in [6.45, 7) is 3.01. The predicted octanol–water partition coefficient (Wildman–Crippen LogP) is 0.251. The molecule has 0 atom stereocenters. The topological polar surface area (TPSA) is 58.4 Å². The fourth-order valence-electron chi connectivity index (χ4n) is 1.55. The van der Waals surface area contributed by atoms with Gasteiger partial charge in [-0.3, -0.25) is 9.69 Å². The molecule has 0 spiro atoms. The molecule has 1 fully saturated rings. The normalized spacial score (nSPS) is 16.7. The molecule has 15 heavy (non-hydrogen) atoms. The molecule has 0 aromatic carbocycles. The molecule has 0 bridgehead atoms. The van der Waals surface area contributed by atoms with E-state index in [1.807, 2.05) is 11.4 Å². The van der Waals surface area contributed by atoms with Crippen molar-refractivity contribution in [2.24, 2.45) is 5.73 Å². The number of carbonyl (C=O) groups excluding carboxylic acids is 1. The second-order valence-corrected chi connectivity index (χ2v) is 4.89. The first kappa shape index (κ1) is 10.6. The number of thiophene rings is 1. The van der Waals surface area contributed by atoms with Crippen molar-refractivity contribution in [3.63, 3.8) is 0 Å². The third kappa shape index (κ3) is 2.37. The quantitative estimate of drug-likeness (QED) is 0.772. The lowest BCUT2D eigenvalue weighted by Crippen LogP contribution is -2.55. The number of hydrogen-bond acceptors (Lipinski definition) is 4. The maximum absolute atomic E-state index is 10.9. The van der Waals surface area contributed by atoms with Gasteiger partial charge in [-0.05, 0) is 13.1 Å². The Morgan fingerprint density at radius 2 is 2.47 bits per heavy atom. The minimum atomic E-state index is -0.342. The largest absolute Gasteiger partial charge is 0.366 e. The zero-order valence-electron chi connectivity index (χ0n) is 8.69. The third-order valence-electron chi connectivity index (χ3n) is 2.73. The highest BCUT2D eigenvalue weighted by Crippen LogP contribution is 2.17. The molecule has 1 amide bonds. The van der Waals surface area contributed by atoms with Crippen LogP contribution in [0.2, 0.25) is 0 Å². The summed E-state index contributed by atoms with van der Waals surface area (Å²) in [6.07, 6.45) is 0. The molecule has 2 rings (SSSR count). The second kappa shape index (κ2) is 4.30. The molecule has 3 N–H and O–H groups in total. The zero-order chi connectivity index (χ0) is 10.8. The van der Waals surface area contributed by atoms with E-state index in [-0.39, 0.29) is 5.91 Å².